The van der Waals surface area contributed by atoms with Gasteiger partial charge in [0.05, 0.1) is 0 Å². The molecule has 2 saturated heterocycles. The third-order valence-electron chi connectivity index (χ3n) is 5.31. The molecule has 0 aliphatic carbocycles. The summed E-state index contributed by atoms with van der Waals surface area (Å²) >= 11 is 0. The normalized spacial score (nSPS) is 29.9. The topological polar surface area (TPSA) is 15.3 Å². The lowest BCUT2D eigenvalue weighted by molar-refractivity contribution is 0.232. The molecule has 4 rings (SSSR count). The van der Waals surface area contributed by atoms with Gasteiger partial charge >= 0.3 is 0 Å². The monoisotopic (exact) mass is 266 g/mol. The molecular formula is C18H22N2. The van der Waals surface area contributed by atoms with Crippen LogP contribution in [-0.4, -0.2) is 30.6 Å². The highest BCUT2D eigenvalue weighted by molar-refractivity contribution is 5.85. The second-order valence-electron chi connectivity index (χ2n) is 6.39. The number of fused-ring (bicyclic) bond motifs is 2. The Bertz CT molecular complexity index is 616. The summed E-state index contributed by atoms with van der Waals surface area (Å²) in [5, 5.41) is 6.32. The first kappa shape index (κ1) is 12.4. The lowest BCUT2D eigenvalue weighted by atomic mass is 9.95. The van der Waals surface area contributed by atoms with Crippen LogP contribution in [0.15, 0.2) is 42.5 Å². The molecule has 2 aliphatic heterocycles. The van der Waals surface area contributed by atoms with Crippen LogP contribution in [0.3, 0.4) is 0 Å². The first-order valence-corrected chi connectivity index (χ1v) is 7.74. The van der Waals surface area contributed by atoms with Gasteiger partial charge in [-0.25, -0.2) is 0 Å². The van der Waals surface area contributed by atoms with Crippen molar-refractivity contribution in [2.45, 2.75) is 19.5 Å². The van der Waals surface area contributed by atoms with E-state index in [4.69, 9.17) is 0 Å². The average Bonchev–Trinajstić information content (AvgIpc) is 3.04. The maximum Gasteiger partial charge on any atom is 0.0242 e. The molecule has 0 aromatic heterocycles. The Morgan fingerprint density at radius 1 is 1.10 bits per heavy atom. The fourth-order valence-electron chi connectivity index (χ4n) is 4.11. The zero-order valence-corrected chi connectivity index (χ0v) is 12.0. The van der Waals surface area contributed by atoms with Crippen LogP contribution in [0.1, 0.15) is 12.5 Å². The average molecular weight is 266 g/mol. The smallest absolute Gasteiger partial charge is 0.0242 e. The highest BCUT2D eigenvalue weighted by Crippen LogP contribution is 2.34. The standard InChI is InChI=1S/C18H22N2/c1-13-18-10-19-9-16(18)12-20(13)11-15-7-4-6-14-5-2-3-8-17(14)15/h2-8,13,16,18-19H,9-12H2,1H3. The molecule has 0 radical (unpaired) electrons. The number of nitrogens with one attached hydrogen (secondary N) is 1. The van der Waals surface area contributed by atoms with Gasteiger partial charge in [0.2, 0.25) is 0 Å². The fraction of sp³-hybridized carbons (Fsp3) is 0.444. The van der Waals surface area contributed by atoms with Crippen LogP contribution in [0, 0.1) is 11.8 Å². The Balaban J connectivity index is 1.62. The molecule has 0 spiro atoms. The number of nitrogens with zero attached hydrogens (tertiary/aromatic N) is 1. The van der Waals surface area contributed by atoms with Gasteiger partial charge in [-0.3, -0.25) is 4.90 Å². The molecule has 0 amide bonds. The first-order valence-electron chi connectivity index (χ1n) is 7.74. The summed E-state index contributed by atoms with van der Waals surface area (Å²) in [6.45, 7) is 7.17. The molecule has 3 unspecified atom stereocenters. The van der Waals surface area contributed by atoms with Crippen molar-refractivity contribution in [3.8, 4) is 0 Å². The van der Waals surface area contributed by atoms with Crippen molar-refractivity contribution < 1.29 is 0 Å². The summed E-state index contributed by atoms with van der Waals surface area (Å²) < 4.78 is 0. The highest BCUT2D eigenvalue weighted by Gasteiger charge is 2.41. The minimum atomic E-state index is 0.703. The Morgan fingerprint density at radius 2 is 1.95 bits per heavy atom. The van der Waals surface area contributed by atoms with Crippen molar-refractivity contribution in [1.82, 2.24) is 10.2 Å². The third-order valence-corrected chi connectivity index (χ3v) is 5.31. The maximum atomic E-state index is 3.54. The second kappa shape index (κ2) is 4.87. The molecule has 2 heterocycles. The van der Waals surface area contributed by atoms with Gasteiger partial charge in [0.25, 0.3) is 0 Å². The van der Waals surface area contributed by atoms with Crippen LogP contribution in [0.5, 0.6) is 0 Å². The molecule has 2 aromatic carbocycles. The van der Waals surface area contributed by atoms with Crippen LogP contribution in [-0.2, 0) is 6.54 Å². The largest absolute Gasteiger partial charge is 0.316 e. The Labute approximate surface area is 120 Å². The van der Waals surface area contributed by atoms with E-state index in [0.717, 1.165) is 18.4 Å². The van der Waals surface area contributed by atoms with E-state index < -0.39 is 0 Å². The Kier molecular flexibility index (Phi) is 3.01. The zero-order chi connectivity index (χ0) is 13.5. The van der Waals surface area contributed by atoms with Crippen LogP contribution in [0.25, 0.3) is 10.8 Å². The lowest BCUT2D eigenvalue weighted by Gasteiger charge is -2.25. The van der Waals surface area contributed by atoms with Gasteiger partial charge in [0.1, 0.15) is 0 Å². The number of likely N-dealkylation sites (tertiary alicyclic amines) is 1. The molecule has 20 heavy (non-hydrogen) atoms. The number of hydrogen-bond donors (Lipinski definition) is 1. The van der Waals surface area contributed by atoms with Crippen LogP contribution in [0.4, 0.5) is 0 Å². The van der Waals surface area contributed by atoms with E-state index in [1.54, 1.807) is 0 Å². The van der Waals surface area contributed by atoms with Gasteiger partial charge in [-0.05, 0) is 48.2 Å². The summed E-state index contributed by atoms with van der Waals surface area (Å²) in [6, 6.07) is 16.2. The number of hydrogen-bond acceptors (Lipinski definition) is 2. The maximum absolute atomic E-state index is 3.54. The Hall–Kier alpha value is -1.38. The number of benzene rings is 2. The van der Waals surface area contributed by atoms with Gasteiger partial charge in [0, 0.05) is 19.1 Å². The SMILES string of the molecule is CC1C2CNCC2CN1Cc1cccc2ccccc12. The summed E-state index contributed by atoms with van der Waals surface area (Å²) in [6.07, 6.45) is 0. The molecular weight excluding hydrogens is 244 g/mol. The van der Waals surface area contributed by atoms with E-state index in [2.05, 4.69) is 59.6 Å². The molecule has 0 bridgehead atoms. The predicted molar refractivity (Wildman–Crippen MR) is 83.7 cm³/mol. The van der Waals surface area contributed by atoms with Gasteiger partial charge in [0.15, 0.2) is 0 Å². The molecule has 2 nitrogen and oxygen atoms in total. The van der Waals surface area contributed by atoms with E-state index in [0.29, 0.717) is 6.04 Å². The van der Waals surface area contributed by atoms with Crippen molar-refractivity contribution in [2.75, 3.05) is 19.6 Å². The summed E-state index contributed by atoms with van der Waals surface area (Å²) in [4.78, 5) is 2.68. The second-order valence-corrected chi connectivity index (χ2v) is 6.39. The van der Waals surface area contributed by atoms with E-state index in [1.807, 2.05) is 0 Å². The quantitative estimate of drug-likeness (QED) is 0.899. The van der Waals surface area contributed by atoms with Gasteiger partial charge in [-0.15, -0.1) is 0 Å². The van der Waals surface area contributed by atoms with Crippen molar-refractivity contribution in [3.63, 3.8) is 0 Å². The van der Waals surface area contributed by atoms with Crippen LogP contribution < -0.4 is 5.32 Å². The number of rotatable bonds is 2. The lowest BCUT2D eigenvalue weighted by Crippen LogP contribution is -2.32. The van der Waals surface area contributed by atoms with E-state index in [-0.39, 0.29) is 0 Å². The van der Waals surface area contributed by atoms with Gasteiger partial charge in [-0.1, -0.05) is 42.5 Å². The zero-order valence-electron chi connectivity index (χ0n) is 12.0. The molecule has 3 atom stereocenters. The van der Waals surface area contributed by atoms with Gasteiger partial charge in [-0.2, -0.15) is 0 Å². The summed E-state index contributed by atoms with van der Waals surface area (Å²) in [5.74, 6) is 1.71. The molecule has 0 saturated carbocycles. The van der Waals surface area contributed by atoms with Crippen LogP contribution >= 0.6 is 0 Å². The summed E-state index contributed by atoms with van der Waals surface area (Å²) in [5.41, 5.74) is 1.47. The summed E-state index contributed by atoms with van der Waals surface area (Å²) in [7, 11) is 0. The molecule has 2 heteroatoms. The Morgan fingerprint density at radius 3 is 2.85 bits per heavy atom. The highest BCUT2D eigenvalue weighted by atomic mass is 15.2. The van der Waals surface area contributed by atoms with Crippen LogP contribution in [0.2, 0.25) is 0 Å². The van der Waals surface area contributed by atoms with Gasteiger partial charge < -0.3 is 5.32 Å². The molecule has 2 fully saturated rings. The van der Waals surface area contributed by atoms with Crippen molar-refractivity contribution in [2.24, 2.45) is 11.8 Å². The van der Waals surface area contributed by atoms with Crippen molar-refractivity contribution in [1.29, 1.82) is 0 Å². The molecule has 1 N–H and O–H groups in total. The van der Waals surface area contributed by atoms with Crippen molar-refractivity contribution >= 4 is 10.8 Å². The third kappa shape index (κ3) is 1.95. The predicted octanol–water partition coefficient (Wildman–Crippen LogP) is 2.88. The van der Waals surface area contributed by atoms with Crippen molar-refractivity contribution in [3.05, 3.63) is 48.0 Å². The van der Waals surface area contributed by atoms with E-state index in [9.17, 15) is 0 Å². The first-order chi connectivity index (χ1) is 9.83. The van der Waals surface area contributed by atoms with E-state index >= 15 is 0 Å². The minimum Gasteiger partial charge on any atom is -0.316 e. The molecule has 2 aromatic rings. The molecule has 104 valence electrons. The minimum absolute atomic E-state index is 0.703. The van der Waals surface area contributed by atoms with E-state index in [1.165, 1.54) is 36.0 Å². The fourth-order valence-corrected chi connectivity index (χ4v) is 4.11. The molecule has 2 aliphatic rings.